The summed E-state index contributed by atoms with van der Waals surface area (Å²) in [5.74, 6) is 0.679. The van der Waals surface area contributed by atoms with Crippen LogP contribution in [0.5, 0.6) is 0 Å². The smallest absolute Gasteiger partial charge is 0.242 e. The van der Waals surface area contributed by atoms with Gasteiger partial charge in [0.2, 0.25) is 11.8 Å². The van der Waals surface area contributed by atoms with E-state index in [-0.39, 0.29) is 30.3 Å². The fourth-order valence-corrected chi connectivity index (χ4v) is 2.86. The van der Waals surface area contributed by atoms with Gasteiger partial charge in [0.15, 0.2) is 0 Å². The molecule has 0 bridgehead atoms. The Morgan fingerprint density at radius 1 is 1.48 bits per heavy atom. The summed E-state index contributed by atoms with van der Waals surface area (Å²) in [6.07, 6.45) is 5.66. The number of amides is 2. The Morgan fingerprint density at radius 3 is 2.83 bits per heavy atom. The number of carbonyl (C=O) groups excluding carboxylic acids is 2. The summed E-state index contributed by atoms with van der Waals surface area (Å²) < 4.78 is 2.06. The van der Waals surface area contributed by atoms with E-state index in [9.17, 15) is 9.59 Å². The maximum atomic E-state index is 12.4. The highest BCUT2D eigenvalue weighted by Crippen LogP contribution is 2.19. The van der Waals surface area contributed by atoms with Crippen molar-refractivity contribution in [2.45, 2.75) is 52.2 Å². The third kappa shape index (κ3) is 4.31. The molecule has 0 radical (unpaired) electrons. The first kappa shape index (κ1) is 17.5. The minimum Gasteiger partial charge on any atom is -0.346 e. The van der Waals surface area contributed by atoms with Gasteiger partial charge >= 0.3 is 0 Å². The molecule has 2 amide bonds. The van der Waals surface area contributed by atoms with Gasteiger partial charge < -0.3 is 20.5 Å². The zero-order valence-electron chi connectivity index (χ0n) is 14.2. The SMILES string of the molecule is Cc1nccn1CC1CCCN1C(=O)CNC(=O)[C@@H](N)C(C)C. The Hall–Kier alpha value is -1.89. The van der Waals surface area contributed by atoms with E-state index < -0.39 is 6.04 Å². The summed E-state index contributed by atoms with van der Waals surface area (Å²) in [6.45, 7) is 7.22. The highest BCUT2D eigenvalue weighted by molar-refractivity contribution is 5.87. The predicted molar refractivity (Wildman–Crippen MR) is 87.5 cm³/mol. The van der Waals surface area contributed by atoms with E-state index in [2.05, 4.69) is 14.9 Å². The number of rotatable bonds is 6. The second kappa shape index (κ2) is 7.59. The first-order chi connectivity index (χ1) is 10.9. The minimum absolute atomic E-state index is 0.0126. The van der Waals surface area contributed by atoms with Gasteiger partial charge in [-0.2, -0.15) is 0 Å². The van der Waals surface area contributed by atoms with E-state index in [1.165, 1.54) is 0 Å². The monoisotopic (exact) mass is 321 g/mol. The number of nitrogens with one attached hydrogen (secondary N) is 1. The van der Waals surface area contributed by atoms with Crippen LogP contribution in [0.25, 0.3) is 0 Å². The lowest BCUT2D eigenvalue weighted by Crippen LogP contribution is -2.49. The molecule has 128 valence electrons. The van der Waals surface area contributed by atoms with Crippen LogP contribution in [-0.4, -0.2) is 51.4 Å². The van der Waals surface area contributed by atoms with Crippen LogP contribution in [0, 0.1) is 12.8 Å². The van der Waals surface area contributed by atoms with Crippen LogP contribution >= 0.6 is 0 Å². The van der Waals surface area contributed by atoms with Crippen molar-refractivity contribution in [2.24, 2.45) is 11.7 Å². The van der Waals surface area contributed by atoms with E-state index in [0.717, 1.165) is 31.8 Å². The second-order valence-electron chi connectivity index (χ2n) is 6.50. The molecule has 1 fully saturated rings. The largest absolute Gasteiger partial charge is 0.346 e. The van der Waals surface area contributed by atoms with Crippen LogP contribution in [0.3, 0.4) is 0 Å². The van der Waals surface area contributed by atoms with Gasteiger partial charge in [0, 0.05) is 31.5 Å². The number of aromatic nitrogens is 2. The van der Waals surface area contributed by atoms with Crippen molar-refractivity contribution in [3.05, 3.63) is 18.2 Å². The summed E-state index contributed by atoms with van der Waals surface area (Å²) in [6, 6.07) is -0.420. The van der Waals surface area contributed by atoms with Crippen molar-refractivity contribution in [1.29, 1.82) is 0 Å². The van der Waals surface area contributed by atoms with Crippen LogP contribution in [-0.2, 0) is 16.1 Å². The van der Waals surface area contributed by atoms with Crippen LogP contribution in [0.4, 0.5) is 0 Å². The molecule has 1 aromatic rings. The summed E-state index contributed by atoms with van der Waals surface area (Å²) in [5.41, 5.74) is 5.79. The van der Waals surface area contributed by atoms with Gasteiger partial charge in [-0.05, 0) is 25.7 Å². The zero-order valence-corrected chi connectivity index (χ0v) is 14.2. The summed E-state index contributed by atoms with van der Waals surface area (Å²) in [4.78, 5) is 30.4. The van der Waals surface area contributed by atoms with E-state index in [0.29, 0.717) is 0 Å². The Morgan fingerprint density at radius 2 is 2.22 bits per heavy atom. The number of hydrogen-bond donors (Lipinski definition) is 2. The first-order valence-electron chi connectivity index (χ1n) is 8.20. The fourth-order valence-electron chi connectivity index (χ4n) is 2.86. The van der Waals surface area contributed by atoms with Crippen molar-refractivity contribution < 1.29 is 9.59 Å². The van der Waals surface area contributed by atoms with Gasteiger partial charge in [0.1, 0.15) is 5.82 Å². The fraction of sp³-hybridized carbons (Fsp3) is 0.688. The van der Waals surface area contributed by atoms with E-state index in [1.54, 1.807) is 6.20 Å². The van der Waals surface area contributed by atoms with Crippen molar-refractivity contribution in [1.82, 2.24) is 19.8 Å². The molecule has 1 aromatic heterocycles. The van der Waals surface area contributed by atoms with Gasteiger partial charge in [0.25, 0.3) is 0 Å². The van der Waals surface area contributed by atoms with Crippen LogP contribution in [0.2, 0.25) is 0 Å². The average Bonchev–Trinajstić information content (AvgIpc) is 3.13. The van der Waals surface area contributed by atoms with Gasteiger partial charge in [0.05, 0.1) is 12.6 Å². The Kier molecular flexibility index (Phi) is 5.76. The first-order valence-corrected chi connectivity index (χ1v) is 8.20. The average molecular weight is 321 g/mol. The highest BCUT2D eigenvalue weighted by atomic mass is 16.2. The third-order valence-corrected chi connectivity index (χ3v) is 4.46. The standard InChI is InChI=1S/C16H27N5O2/c1-11(2)15(17)16(23)19-9-14(22)21-7-4-5-13(21)10-20-8-6-18-12(20)3/h6,8,11,13,15H,4-5,7,9-10,17H2,1-3H3,(H,19,23)/t13?,15-/m0/s1. The quantitative estimate of drug-likeness (QED) is 0.787. The summed E-state index contributed by atoms with van der Waals surface area (Å²) >= 11 is 0. The van der Waals surface area contributed by atoms with E-state index >= 15 is 0 Å². The van der Waals surface area contributed by atoms with Crippen molar-refractivity contribution >= 4 is 11.8 Å². The maximum Gasteiger partial charge on any atom is 0.242 e. The number of hydrogen-bond acceptors (Lipinski definition) is 4. The lowest BCUT2D eigenvalue weighted by atomic mass is 10.1. The highest BCUT2D eigenvalue weighted by Gasteiger charge is 2.29. The summed E-state index contributed by atoms with van der Waals surface area (Å²) in [5, 5.41) is 2.66. The van der Waals surface area contributed by atoms with Gasteiger partial charge in [-0.15, -0.1) is 0 Å². The molecule has 0 saturated carbocycles. The molecule has 1 aliphatic heterocycles. The molecule has 2 atom stereocenters. The zero-order chi connectivity index (χ0) is 17.0. The van der Waals surface area contributed by atoms with Gasteiger partial charge in [-0.3, -0.25) is 9.59 Å². The molecule has 2 rings (SSSR count). The summed E-state index contributed by atoms with van der Waals surface area (Å²) in [7, 11) is 0. The van der Waals surface area contributed by atoms with E-state index in [4.69, 9.17) is 5.73 Å². The lowest BCUT2D eigenvalue weighted by Gasteiger charge is -2.26. The number of imidazole rings is 1. The van der Waals surface area contributed by atoms with Crippen molar-refractivity contribution in [3.8, 4) is 0 Å². The molecular formula is C16H27N5O2. The molecule has 0 aromatic carbocycles. The van der Waals surface area contributed by atoms with Crippen LogP contribution < -0.4 is 11.1 Å². The normalized spacial score (nSPS) is 19.2. The molecule has 2 heterocycles. The van der Waals surface area contributed by atoms with E-state index in [1.807, 2.05) is 31.9 Å². The number of likely N-dealkylation sites (tertiary alicyclic amines) is 1. The van der Waals surface area contributed by atoms with Crippen molar-refractivity contribution in [3.63, 3.8) is 0 Å². The number of nitrogens with zero attached hydrogens (tertiary/aromatic N) is 3. The van der Waals surface area contributed by atoms with Crippen LogP contribution in [0.1, 0.15) is 32.5 Å². The molecule has 3 N–H and O–H groups in total. The van der Waals surface area contributed by atoms with Gasteiger partial charge in [-0.1, -0.05) is 13.8 Å². The Bertz CT molecular complexity index is 554. The minimum atomic E-state index is -0.578. The Labute approximate surface area is 137 Å². The molecule has 23 heavy (non-hydrogen) atoms. The number of aryl methyl sites for hydroxylation is 1. The lowest BCUT2D eigenvalue weighted by molar-refractivity contribution is -0.134. The molecule has 1 saturated heterocycles. The molecule has 0 spiro atoms. The maximum absolute atomic E-state index is 12.4. The molecule has 7 heteroatoms. The molecule has 1 aliphatic rings. The van der Waals surface area contributed by atoms with Crippen LogP contribution in [0.15, 0.2) is 12.4 Å². The second-order valence-corrected chi connectivity index (χ2v) is 6.50. The molecular weight excluding hydrogens is 294 g/mol. The predicted octanol–water partition coefficient (Wildman–Crippen LogP) is 0.282. The molecule has 7 nitrogen and oxygen atoms in total. The molecule has 1 unspecified atom stereocenters. The number of nitrogens with two attached hydrogens (primary N) is 1. The van der Waals surface area contributed by atoms with Gasteiger partial charge in [-0.25, -0.2) is 4.98 Å². The topological polar surface area (TPSA) is 93.2 Å². The van der Waals surface area contributed by atoms with Crippen molar-refractivity contribution in [2.75, 3.05) is 13.1 Å². The number of carbonyl (C=O) groups is 2. The molecule has 0 aliphatic carbocycles. The third-order valence-electron chi connectivity index (χ3n) is 4.46. The Balaban J connectivity index is 1.88.